The summed E-state index contributed by atoms with van der Waals surface area (Å²) >= 11 is 3.17. The van der Waals surface area contributed by atoms with Gasteiger partial charge in [0.15, 0.2) is 11.5 Å². The van der Waals surface area contributed by atoms with Crippen molar-refractivity contribution in [1.82, 2.24) is 4.57 Å². The highest BCUT2D eigenvalue weighted by atomic mass is 79.9. The van der Waals surface area contributed by atoms with Crippen molar-refractivity contribution in [2.45, 2.75) is 0 Å². The highest BCUT2D eigenvalue weighted by Gasteiger charge is 2.29. The fraction of sp³-hybridized carbons (Fsp3) is 0.182. The number of aromatic nitrogens is 1. The molecule has 10 nitrogen and oxygen atoms in total. The van der Waals surface area contributed by atoms with Crippen molar-refractivity contribution < 1.29 is 27.1 Å². The van der Waals surface area contributed by atoms with E-state index in [-0.39, 0.29) is 53.2 Å². The largest absolute Gasteiger partial charge is 0.486 e. The second kappa shape index (κ2) is 9.23. The number of ether oxygens (including phenoxy) is 2. The highest BCUT2D eigenvalue weighted by Crippen LogP contribution is 2.43. The highest BCUT2D eigenvalue weighted by molar-refractivity contribution is 9.10. The number of para-hydroxylation sites is 1. The van der Waals surface area contributed by atoms with Gasteiger partial charge in [0.1, 0.15) is 29.6 Å². The molecule has 4 rings (SSSR count). The zero-order valence-corrected chi connectivity index (χ0v) is 20.9. The standard InChI is InChI=1S/C22H20BrFN4O6S/c1-27-18(29)11-17(19(21(25)30)22(27)26-14-7-6-12(23)10-13(14)24)34-16-5-3-4-15-20(16)33-9-8-28(15)35(2,31)32/h3-7,10-11,26H,8-9H2,1-2H3,(H2,25,30). The summed E-state index contributed by atoms with van der Waals surface area (Å²) in [5.74, 6) is -1.71. The number of rotatable bonds is 6. The third-order valence-corrected chi connectivity index (χ3v) is 6.90. The van der Waals surface area contributed by atoms with Crippen molar-refractivity contribution in [1.29, 1.82) is 0 Å². The quantitative estimate of drug-likeness (QED) is 0.468. The molecule has 0 saturated carbocycles. The molecule has 13 heteroatoms. The number of anilines is 3. The Morgan fingerprint density at radius 2 is 1.97 bits per heavy atom. The minimum absolute atomic E-state index is 0.00734. The summed E-state index contributed by atoms with van der Waals surface area (Å²) in [4.78, 5) is 25.2. The summed E-state index contributed by atoms with van der Waals surface area (Å²) in [7, 11) is -2.21. The lowest BCUT2D eigenvalue weighted by molar-refractivity contribution is 0.0998. The molecule has 0 fully saturated rings. The van der Waals surface area contributed by atoms with Crippen LogP contribution in [0.25, 0.3) is 0 Å². The first kappa shape index (κ1) is 24.5. The Balaban J connectivity index is 1.84. The molecule has 0 bridgehead atoms. The molecule has 1 aliphatic heterocycles. The van der Waals surface area contributed by atoms with E-state index in [1.807, 2.05) is 0 Å². The van der Waals surface area contributed by atoms with Gasteiger partial charge in [0.05, 0.1) is 24.2 Å². The van der Waals surface area contributed by atoms with Gasteiger partial charge in [-0.2, -0.15) is 0 Å². The van der Waals surface area contributed by atoms with Crippen LogP contribution in [0.3, 0.4) is 0 Å². The molecule has 1 aromatic heterocycles. The lowest BCUT2D eigenvalue weighted by atomic mass is 10.2. The number of nitrogens with two attached hydrogens (primary N) is 1. The van der Waals surface area contributed by atoms with E-state index in [0.717, 1.165) is 16.9 Å². The van der Waals surface area contributed by atoms with Gasteiger partial charge in [0.2, 0.25) is 10.0 Å². The van der Waals surface area contributed by atoms with E-state index in [1.54, 1.807) is 18.2 Å². The molecule has 1 amide bonds. The van der Waals surface area contributed by atoms with Crippen molar-refractivity contribution in [2.24, 2.45) is 12.8 Å². The first-order valence-corrected chi connectivity index (χ1v) is 12.8. The van der Waals surface area contributed by atoms with E-state index in [2.05, 4.69) is 21.2 Å². The van der Waals surface area contributed by atoms with Gasteiger partial charge in [-0.15, -0.1) is 0 Å². The van der Waals surface area contributed by atoms with E-state index < -0.39 is 27.3 Å². The van der Waals surface area contributed by atoms with Gasteiger partial charge < -0.3 is 20.5 Å². The predicted octanol–water partition coefficient (Wildman–Crippen LogP) is 3.08. The Bertz CT molecular complexity index is 1510. The van der Waals surface area contributed by atoms with Gasteiger partial charge in [0, 0.05) is 17.6 Å². The Hall–Kier alpha value is -3.58. The summed E-state index contributed by atoms with van der Waals surface area (Å²) in [6.07, 6.45) is 1.07. The van der Waals surface area contributed by atoms with Crippen LogP contribution in [-0.2, 0) is 17.1 Å². The normalized spacial score (nSPS) is 13.1. The number of sulfonamides is 1. The minimum Gasteiger partial charge on any atom is -0.486 e. The maximum absolute atomic E-state index is 14.5. The van der Waals surface area contributed by atoms with Gasteiger partial charge in [-0.3, -0.25) is 18.5 Å². The average Bonchev–Trinajstić information content (AvgIpc) is 2.77. The minimum atomic E-state index is -3.59. The van der Waals surface area contributed by atoms with Crippen LogP contribution in [0, 0.1) is 5.82 Å². The van der Waals surface area contributed by atoms with Crippen LogP contribution < -0.4 is 30.4 Å². The molecule has 35 heavy (non-hydrogen) atoms. The van der Waals surface area contributed by atoms with E-state index in [1.165, 1.54) is 29.6 Å². The lowest BCUT2D eigenvalue weighted by Gasteiger charge is -2.30. The van der Waals surface area contributed by atoms with Gasteiger partial charge in [-0.1, -0.05) is 22.0 Å². The van der Waals surface area contributed by atoms with Gasteiger partial charge >= 0.3 is 0 Å². The van der Waals surface area contributed by atoms with Gasteiger partial charge in [-0.25, -0.2) is 12.8 Å². The molecule has 2 heterocycles. The van der Waals surface area contributed by atoms with Crippen LogP contribution in [0.1, 0.15) is 10.4 Å². The number of pyridine rings is 1. The number of halogens is 2. The first-order valence-electron chi connectivity index (χ1n) is 10.1. The van der Waals surface area contributed by atoms with E-state index in [9.17, 15) is 22.4 Å². The number of amides is 1. The molecular weight excluding hydrogens is 547 g/mol. The average molecular weight is 567 g/mol. The van der Waals surface area contributed by atoms with Crippen molar-refractivity contribution in [3.8, 4) is 17.2 Å². The Morgan fingerprint density at radius 1 is 1.23 bits per heavy atom. The lowest BCUT2D eigenvalue weighted by Crippen LogP contribution is -2.37. The number of hydrogen-bond donors (Lipinski definition) is 2. The molecule has 0 radical (unpaired) electrons. The summed E-state index contributed by atoms with van der Waals surface area (Å²) in [5, 5.41) is 2.74. The SMILES string of the molecule is Cn1c(Nc2ccc(Br)cc2F)c(C(N)=O)c(Oc2cccc3c2OCCN3S(C)(=O)=O)cc1=O. The molecule has 3 aromatic rings. The number of hydrogen-bond acceptors (Lipinski definition) is 7. The topological polar surface area (TPSA) is 133 Å². The monoisotopic (exact) mass is 566 g/mol. The summed E-state index contributed by atoms with van der Waals surface area (Å²) in [5.41, 5.74) is 5.07. The zero-order chi connectivity index (χ0) is 25.5. The van der Waals surface area contributed by atoms with Gasteiger partial charge in [0.25, 0.3) is 11.5 Å². The molecule has 0 atom stereocenters. The van der Waals surface area contributed by atoms with Crippen LogP contribution in [0.4, 0.5) is 21.6 Å². The van der Waals surface area contributed by atoms with Crippen molar-refractivity contribution in [3.05, 3.63) is 68.7 Å². The van der Waals surface area contributed by atoms with Gasteiger partial charge in [-0.05, 0) is 30.3 Å². The summed E-state index contributed by atoms with van der Waals surface area (Å²) in [6, 6.07) is 9.85. The van der Waals surface area contributed by atoms with E-state index in [0.29, 0.717) is 4.47 Å². The molecule has 2 aromatic carbocycles. The zero-order valence-electron chi connectivity index (χ0n) is 18.5. The molecular formula is C22H20BrFN4O6S. The summed E-state index contributed by atoms with van der Waals surface area (Å²) < 4.78 is 53.2. The molecule has 3 N–H and O–H groups in total. The third-order valence-electron chi connectivity index (χ3n) is 5.22. The number of benzene rings is 2. The van der Waals surface area contributed by atoms with Crippen LogP contribution in [0.5, 0.6) is 17.2 Å². The maximum Gasteiger partial charge on any atom is 0.256 e. The smallest absolute Gasteiger partial charge is 0.256 e. The summed E-state index contributed by atoms with van der Waals surface area (Å²) in [6.45, 7) is 0.176. The predicted molar refractivity (Wildman–Crippen MR) is 132 cm³/mol. The molecule has 0 unspecified atom stereocenters. The number of nitrogens with one attached hydrogen (secondary N) is 1. The molecule has 0 spiro atoms. The molecule has 1 aliphatic rings. The van der Waals surface area contributed by atoms with Crippen molar-refractivity contribution in [2.75, 3.05) is 29.0 Å². The van der Waals surface area contributed by atoms with Crippen LogP contribution in [0.15, 0.2) is 51.7 Å². The molecule has 0 saturated heterocycles. The number of carbonyl (C=O) groups excluding carboxylic acids is 1. The molecule has 0 aliphatic carbocycles. The number of fused-ring (bicyclic) bond motifs is 1. The molecule has 184 valence electrons. The van der Waals surface area contributed by atoms with E-state index in [4.69, 9.17) is 15.2 Å². The van der Waals surface area contributed by atoms with E-state index >= 15 is 0 Å². The third kappa shape index (κ3) is 4.82. The number of nitrogens with zero attached hydrogens (tertiary/aromatic N) is 2. The Labute approximate surface area is 208 Å². The van der Waals surface area contributed by atoms with Crippen LogP contribution in [-0.4, -0.2) is 38.3 Å². The Morgan fingerprint density at radius 3 is 2.63 bits per heavy atom. The van der Waals surface area contributed by atoms with Crippen LogP contribution >= 0.6 is 15.9 Å². The van der Waals surface area contributed by atoms with Crippen LogP contribution in [0.2, 0.25) is 0 Å². The maximum atomic E-state index is 14.5. The Kier molecular flexibility index (Phi) is 6.47. The van der Waals surface area contributed by atoms with Crippen molar-refractivity contribution >= 4 is 49.1 Å². The first-order chi connectivity index (χ1) is 16.5. The fourth-order valence-corrected chi connectivity index (χ4v) is 4.84. The second-order valence-electron chi connectivity index (χ2n) is 7.63. The second-order valence-corrected chi connectivity index (χ2v) is 10.5. The number of primary amides is 1. The number of carbonyl (C=O) groups is 1. The van der Waals surface area contributed by atoms with Crippen molar-refractivity contribution in [3.63, 3.8) is 0 Å². The fourth-order valence-electron chi connectivity index (χ4n) is 3.60.